The number of rotatable bonds is 0. The van der Waals surface area contributed by atoms with Crippen LogP contribution in [0.2, 0.25) is 0 Å². The van der Waals surface area contributed by atoms with Gasteiger partial charge >= 0.3 is 0 Å². The molecule has 4 aromatic carbocycles. The second-order valence-electron chi connectivity index (χ2n) is 4.62. The standard InChI is InChI=1S/C16H10BrN/c17-13-7-3-9-2-6-12-14(18)8-4-10-1-5-11(13)15(9)16(10)12/h1-8H,18H2. The van der Waals surface area contributed by atoms with Crippen LogP contribution < -0.4 is 5.73 Å². The third kappa shape index (κ3) is 1.16. The summed E-state index contributed by atoms with van der Waals surface area (Å²) in [4.78, 5) is 0. The Kier molecular flexibility index (Phi) is 1.90. The summed E-state index contributed by atoms with van der Waals surface area (Å²) >= 11 is 3.63. The Morgan fingerprint density at radius 1 is 0.667 bits per heavy atom. The van der Waals surface area contributed by atoms with Crippen LogP contribution in [0.25, 0.3) is 32.3 Å². The highest BCUT2D eigenvalue weighted by atomic mass is 79.9. The van der Waals surface area contributed by atoms with E-state index in [2.05, 4.69) is 58.4 Å². The molecule has 0 fully saturated rings. The molecule has 0 saturated heterocycles. The second kappa shape index (κ2) is 3.36. The van der Waals surface area contributed by atoms with Gasteiger partial charge in [0.15, 0.2) is 0 Å². The van der Waals surface area contributed by atoms with Gasteiger partial charge in [0.05, 0.1) is 0 Å². The summed E-state index contributed by atoms with van der Waals surface area (Å²) < 4.78 is 1.13. The number of benzene rings is 4. The van der Waals surface area contributed by atoms with Crippen LogP contribution in [0, 0.1) is 0 Å². The molecular weight excluding hydrogens is 286 g/mol. The smallest absolute Gasteiger partial charge is 0.0394 e. The lowest BCUT2D eigenvalue weighted by Crippen LogP contribution is -1.90. The second-order valence-corrected chi connectivity index (χ2v) is 5.48. The normalized spacial score (nSPS) is 11.8. The Morgan fingerprint density at radius 3 is 2.00 bits per heavy atom. The van der Waals surface area contributed by atoms with E-state index in [1.165, 1.54) is 26.9 Å². The fraction of sp³-hybridized carbons (Fsp3) is 0. The average Bonchev–Trinajstić information content (AvgIpc) is 2.40. The molecule has 4 rings (SSSR count). The van der Waals surface area contributed by atoms with E-state index in [9.17, 15) is 0 Å². The van der Waals surface area contributed by atoms with Crippen LogP contribution in [-0.2, 0) is 0 Å². The largest absolute Gasteiger partial charge is 0.398 e. The summed E-state index contributed by atoms with van der Waals surface area (Å²) in [5.74, 6) is 0. The van der Waals surface area contributed by atoms with Gasteiger partial charge in [-0.15, -0.1) is 0 Å². The number of nitrogens with two attached hydrogens (primary N) is 1. The first kappa shape index (κ1) is 10.2. The maximum atomic E-state index is 6.09. The van der Waals surface area contributed by atoms with Crippen molar-refractivity contribution in [2.24, 2.45) is 0 Å². The van der Waals surface area contributed by atoms with Crippen LogP contribution in [0.15, 0.2) is 53.0 Å². The molecule has 2 heteroatoms. The van der Waals surface area contributed by atoms with Crippen molar-refractivity contribution in [1.82, 2.24) is 0 Å². The lowest BCUT2D eigenvalue weighted by Gasteiger charge is -2.12. The van der Waals surface area contributed by atoms with Gasteiger partial charge in [0.2, 0.25) is 0 Å². The van der Waals surface area contributed by atoms with Gasteiger partial charge in [-0.05, 0) is 39.1 Å². The van der Waals surface area contributed by atoms with Crippen LogP contribution >= 0.6 is 15.9 Å². The molecule has 4 aromatic rings. The fourth-order valence-corrected chi connectivity index (χ4v) is 3.25. The highest BCUT2D eigenvalue weighted by Gasteiger charge is 2.10. The minimum Gasteiger partial charge on any atom is -0.398 e. The van der Waals surface area contributed by atoms with Gasteiger partial charge in [0, 0.05) is 15.5 Å². The quantitative estimate of drug-likeness (QED) is 0.361. The first-order valence-electron chi connectivity index (χ1n) is 5.87. The van der Waals surface area contributed by atoms with Crippen molar-refractivity contribution >= 4 is 53.9 Å². The molecule has 0 saturated carbocycles. The molecule has 0 aliphatic heterocycles. The van der Waals surface area contributed by atoms with Crippen LogP contribution in [0.3, 0.4) is 0 Å². The number of hydrogen-bond donors (Lipinski definition) is 1. The molecule has 86 valence electrons. The molecule has 0 unspecified atom stereocenters. The molecule has 0 aliphatic rings. The van der Waals surface area contributed by atoms with Crippen molar-refractivity contribution in [2.45, 2.75) is 0 Å². The molecule has 18 heavy (non-hydrogen) atoms. The highest BCUT2D eigenvalue weighted by molar-refractivity contribution is 9.10. The molecule has 1 nitrogen and oxygen atoms in total. The number of nitrogen functional groups attached to an aromatic ring is 1. The molecule has 0 bridgehead atoms. The highest BCUT2D eigenvalue weighted by Crippen LogP contribution is 2.39. The molecule has 0 radical (unpaired) electrons. The summed E-state index contributed by atoms with van der Waals surface area (Å²) in [6.45, 7) is 0. The average molecular weight is 296 g/mol. The van der Waals surface area contributed by atoms with Gasteiger partial charge in [-0.25, -0.2) is 0 Å². The van der Waals surface area contributed by atoms with E-state index in [0.717, 1.165) is 15.5 Å². The van der Waals surface area contributed by atoms with Crippen molar-refractivity contribution < 1.29 is 0 Å². The summed E-state index contributed by atoms with van der Waals surface area (Å²) in [5, 5.41) is 7.46. The first-order valence-corrected chi connectivity index (χ1v) is 6.66. The zero-order valence-electron chi connectivity index (χ0n) is 9.57. The number of anilines is 1. The molecule has 0 aliphatic carbocycles. The van der Waals surface area contributed by atoms with Crippen molar-refractivity contribution in [3.8, 4) is 0 Å². The number of halogens is 1. The predicted molar refractivity (Wildman–Crippen MR) is 82.3 cm³/mol. The monoisotopic (exact) mass is 295 g/mol. The summed E-state index contributed by atoms with van der Waals surface area (Å²) in [7, 11) is 0. The van der Waals surface area contributed by atoms with Crippen molar-refractivity contribution in [3.63, 3.8) is 0 Å². The fourth-order valence-electron chi connectivity index (χ4n) is 2.79. The molecular formula is C16H10BrN. The molecule has 0 amide bonds. The van der Waals surface area contributed by atoms with Crippen molar-refractivity contribution in [1.29, 1.82) is 0 Å². The maximum absolute atomic E-state index is 6.09. The Morgan fingerprint density at radius 2 is 1.22 bits per heavy atom. The lowest BCUT2D eigenvalue weighted by molar-refractivity contribution is 1.74. The summed E-state index contributed by atoms with van der Waals surface area (Å²) in [6.07, 6.45) is 0. The minimum atomic E-state index is 0.844. The molecule has 0 heterocycles. The SMILES string of the molecule is Nc1ccc2ccc3c(Br)ccc4ccc1c2c43. The van der Waals surface area contributed by atoms with Gasteiger partial charge in [0.1, 0.15) is 0 Å². The lowest BCUT2D eigenvalue weighted by atomic mass is 9.94. The van der Waals surface area contributed by atoms with Crippen LogP contribution in [0.5, 0.6) is 0 Å². The molecule has 0 spiro atoms. The van der Waals surface area contributed by atoms with E-state index < -0.39 is 0 Å². The van der Waals surface area contributed by atoms with E-state index in [4.69, 9.17) is 5.73 Å². The zero-order valence-corrected chi connectivity index (χ0v) is 11.2. The third-order valence-electron chi connectivity index (χ3n) is 3.65. The van der Waals surface area contributed by atoms with Gasteiger partial charge in [-0.2, -0.15) is 0 Å². The summed E-state index contributed by atoms with van der Waals surface area (Å²) in [6, 6.07) is 16.9. The van der Waals surface area contributed by atoms with Crippen LogP contribution in [0.1, 0.15) is 0 Å². The third-order valence-corrected chi connectivity index (χ3v) is 4.34. The maximum Gasteiger partial charge on any atom is 0.0394 e. The van der Waals surface area contributed by atoms with Crippen molar-refractivity contribution in [3.05, 3.63) is 53.0 Å². The van der Waals surface area contributed by atoms with Crippen LogP contribution in [-0.4, -0.2) is 0 Å². The van der Waals surface area contributed by atoms with E-state index >= 15 is 0 Å². The minimum absolute atomic E-state index is 0.844. The Hall–Kier alpha value is -1.80. The first-order chi connectivity index (χ1) is 8.75. The summed E-state index contributed by atoms with van der Waals surface area (Å²) in [5.41, 5.74) is 6.94. The number of hydrogen-bond acceptors (Lipinski definition) is 1. The van der Waals surface area contributed by atoms with Gasteiger partial charge < -0.3 is 5.73 Å². The van der Waals surface area contributed by atoms with Crippen LogP contribution in [0.4, 0.5) is 5.69 Å². The Balaban J connectivity index is 2.47. The van der Waals surface area contributed by atoms with E-state index in [1.807, 2.05) is 6.07 Å². The topological polar surface area (TPSA) is 26.0 Å². The predicted octanol–water partition coefficient (Wildman–Crippen LogP) is 4.93. The van der Waals surface area contributed by atoms with E-state index in [1.54, 1.807) is 0 Å². The van der Waals surface area contributed by atoms with Crippen molar-refractivity contribution in [2.75, 3.05) is 5.73 Å². The van der Waals surface area contributed by atoms with Gasteiger partial charge in [-0.3, -0.25) is 0 Å². The Bertz CT molecular complexity index is 820. The molecule has 0 atom stereocenters. The molecule has 0 aromatic heterocycles. The van der Waals surface area contributed by atoms with E-state index in [0.29, 0.717) is 0 Å². The van der Waals surface area contributed by atoms with Gasteiger partial charge in [0.25, 0.3) is 0 Å². The zero-order chi connectivity index (χ0) is 12.3. The Labute approximate surface area is 113 Å². The molecule has 2 N–H and O–H groups in total. The van der Waals surface area contributed by atoms with E-state index in [-0.39, 0.29) is 0 Å². The van der Waals surface area contributed by atoms with Gasteiger partial charge in [-0.1, -0.05) is 52.3 Å².